The summed E-state index contributed by atoms with van der Waals surface area (Å²) in [7, 11) is 1.68. The number of alkyl halides is 3. The summed E-state index contributed by atoms with van der Waals surface area (Å²) in [5.41, 5.74) is 1.24. The second-order valence-corrected chi connectivity index (χ2v) is 8.85. The predicted octanol–water partition coefficient (Wildman–Crippen LogP) is 4.75. The summed E-state index contributed by atoms with van der Waals surface area (Å²) in [6, 6.07) is 5.02. The average molecular weight is 537 g/mol. The zero-order chi connectivity index (χ0) is 24.6. The zero-order valence-electron chi connectivity index (χ0n) is 17.8. The number of ether oxygens (including phenoxy) is 1. The van der Waals surface area contributed by atoms with Crippen molar-refractivity contribution in [2.45, 2.75) is 12.9 Å². The van der Waals surface area contributed by atoms with Crippen molar-refractivity contribution in [1.29, 1.82) is 0 Å². The molecule has 34 heavy (non-hydrogen) atoms. The second-order valence-electron chi connectivity index (χ2n) is 7.66. The van der Waals surface area contributed by atoms with Crippen LogP contribution in [0.3, 0.4) is 0 Å². The number of hydrogen-bond donors (Lipinski definition) is 0. The Morgan fingerprint density at radius 3 is 2.15 bits per heavy atom. The molecule has 1 saturated heterocycles. The van der Waals surface area contributed by atoms with Crippen LogP contribution in [-0.2, 0) is 13.6 Å². The van der Waals surface area contributed by atoms with E-state index in [1.54, 1.807) is 24.1 Å². The van der Waals surface area contributed by atoms with Gasteiger partial charge in [-0.3, -0.25) is 19.4 Å². The van der Waals surface area contributed by atoms with E-state index in [1.807, 2.05) is 0 Å². The number of halogens is 6. The Kier molecular flexibility index (Phi) is 7.04. The first kappa shape index (κ1) is 24.7. The Hall–Kier alpha value is -2.40. The minimum atomic E-state index is -4.79. The summed E-state index contributed by atoms with van der Waals surface area (Å²) in [5, 5.41) is 1.02. The molecular weight excluding hydrogens is 518 g/mol. The molecule has 1 aliphatic heterocycles. The van der Waals surface area contributed by atoms with E-state index in [0.717, 1.165) is 17.8 Å². The number of rotatable bonds is 5. The van der Waals surface area contributed by atoms with Crippen LogP contribution in [0.4, 0.5) is 18.9 Å². The molecule has 3 heterocycles. The molecule has 1 aromatic carbocycles. The zero-order valence-corrected chi connectivity index (χ0v) is 20.1. The third-order valence-corrected chi connectivity index (χ3v) is 6.46. The fourth-order valence-electron chi connectivity index (χ4n) is 3.91. The van der Waals surface area contributed by atoms with Crippen LogP contribution in [0.25, 0.3) is 5.69 Å². The van der Waals surface area contributed by atoms with Gasteiger partial charge in [-0.25, -0.2) is 4.68 Å². The number of hydrogen-bond acceptors (Lipinski definition) is 5. The maximum absolute atomic E-state index is 12.8. The maximum Gasteiger partial charge on any atom is 0.573 e. The number of aromatic nitrogens is 3. The first-order chi connectivity index (χ1) is 16.0. The van der Waals surface area contributed by atoms with E-state index in [0.29, 0.717) is 54.2 Å². The van der Waals surface area contributed by atoms with Gasteiger partial charge in [0.1, 0.15) is 10.8 Å². The van der Waals surface area contributed by atoms with Gasteiger partial charge in [0.2, 0.25) is 0 Å². The normalized spacial score (nSPS) is 15.1. The molecule has 2 aromatic heterocycles. The highest BCUT2D eigenvalue weighted by Crippen LogP contribution is 2.33. The quantitative estimate of drug-likeness (QED) is 0.471. The Morgan fingerprint density at radius 2 is 1.59 bits per heavy atom. The van der Waals surface area contributed by atoms with Crippen molar-refractivity contribution in [1.82, 2.24) is 19.2 Å². The molecular formula is C21H19Cl3F3N5O2. The van der Waals surface area contributed by atoms with Gasteiger partial charge in [-0.1, -0.05) is 34.8 Å². The van der Waals surface area contributed by atoms with Gasteiger partial charge >= 0.3 is 6.36 Å². The molecule has 1 aliphatic rings. The van der Waals surface area contributed by atoms with E-state index >= 15 is 0 Å². The summed E-state index contributed by atoms with van der Waals surface area (Å²) in [6.45, 7) is 3.09. The first-order valence-electron chi connectivity index (χ1n) is 10.1. The highest BCUT2D eigenvalue weighted by atomic mass is 35.5. The summed E-state index contributed by atoms with van der Waals surface area (Å²) in [5.74, 6) is -0.378. The van der Waals surface area contributed by atoms with Crippen molar-refractivity contribution >= 4 is 40.5 Å². The molecule has 0 saturated carbocycles. The van der Waals surface area contributed by atoms with Crippen molar-refractivity contribution in [3.63, 3.8) is 0 Å². The molecule has 0 bridgehead atoms. The number of pyridine rings is 1. The first-order valence-corrected chi connectivity index (χ1v) is 11.3. The van der Waals surface area contributed by atoms with Crippen LogP contribution < -0.4 is 15.2 Å². The van der Waals surface area contributed by atoms with E-state index in [1.165, 1.54) is 16.8 Å². The van der Waals surface area contributed by atoms with Crippen molar-refractivity contribution in [2.75, 3.05) is 31.1 Å². The lowest BCUT2D eigenvalue weighted by molar-refractivity contribution is -0.274. The topological polar surface area (TPSA) is 55.5 Å². The summed E-state index contributed by atoms with van der Waals surface area (Å²) < 4.78 is 44.0. The highest BCUT2D eigenvalue weighted by Gasteiger charge is 2.31. The van der Waals surface area contributed by atoms with Crippen LogP contribution >= 0.6 is 34.8 Å². The van der Waals surface area contributed by atoms with Crippen LogP contribution in [0.15, 0.2) is 41.5 Å². The Morgan fingerprint density at radius 1 is 1.00 bits per heavy atom. The lowest BCUT2D eigenvalue weighted by atomic mass is 10.2. The molecule has 0 N–H and O–H groups in total. The average Bonchev–Trinajstić information content (AvgIpc) is 2.97. The van der Waals surface area contributed by atoms with Crippen LogP contribution in [0.2, 0.25) is 15.1 Å². The van der Waals surface area contributed by atoms with Gasteiger partial charge in [0.15, 0.2) is 0 Å². The van der Waals surface area contributed by atoms with E-state index < -0.39 is 11.9 Å². The molecule has 0 radical (unpaired) electrons. The van der Waals surface area contributed by atoms with E-state index in [4.69, 9.17) is 34.8 Å². The smallest absolute Gasteiger partial charge is 0.406 e. The van der Waals surface area contributed by atoms with Gasteiger partial charge in [0, 0.05) is 52.2 Å². The van der Waals surface area contributed by atoms with Crippen molar-refractivity contribution in [2.24, 2.45) is 7.05 Å². The van der Waals surface area contributed by atoms with Gasteiger partial charge in [0.25, 0.3) is 5.56 Å². The third kappa shape index (κ3) is 5.14. The van der Waals surface area contributed by atoms with Crippen molar-refractivity contribution < 1.29 is 17.9 Å². The summed E-state index contributed by atoms with van der Waals surface area (Å²) in [6.07, 6.45) is -1.69. The molecule has 1 fully saturated rings. The van der Waals surface area contributed by atoms with Crippen LogP contribution in [0.5, 0.6) is 5.75 Å². The van der Waals surface area contributed by atoms with E-state index in [-0.39, 0.29) is 10.8 Å². The lowest BCUT2D eigenvalue weighted by Gasteiger charge is -2.36. The van der Waals surface area contributed by atoms with Crippen LogP contribution in [-0.4, -0.2) is 51.8 Å². The molecule has 13 heteroatoms. The second kappa shape index (κ2) is 9.69. The fraction of sp³-hybridized carbons (Fsp3) is 0.333. The summed E-state index contributed by atoms with van der Waals surface area (Å²) >= 11 is 18.9. The van der Waals surface area contributed by atoms with Gasteiger partial charge in [0.05, 0.1) is 27.1 Å². The van der Waals surface area contributed by atoms with Gasteiger partial charge in [-0.15, -0.1) is 13.2 Å². The van der Waals surface area contributed by atoms with Gasteiger partial charge in [-0.05, 0) is 24.3 Å². The summed E-state index contributed by atoms with van der Waals surface area (Å²) in [4.78, 5) is 21.0. The monoisotopic (exact) mass is 535 g/mol. The standard InChI is InChI=1S/C21H19Cl3F3N5O2/c1-29-17(12-30-6-8-31(9-7-30)19-15(22)10-28-11-16(19)23)18(24)20(33)32(29)13-2-4-14(5-3-13)34-21(25,26)27/h2-5,10-11H,6-9,12H2,1H3. The van der Waals surface area contributed by atoms with Crippen molar-refractivity contribution in [3.8, 4) is 11.4 Å². The molecule has 0 spiro atoms. The number of anilines is 1. The number of nitrogens with zero attached hydrogens (tertiary/aromatic N) is 5. The molecule has 0 amide bonds. The Bertz CT molecular complexity index is 1220. The largest absolute Gasteiger partial charge is 0.573 e. The van der Waals surface area contributed by atoms with Gasteiger partial charge in [-0.2, -0.15) is 0 Å². The SMILES string of the molecule is Cn1c(CN2CCN(c3c(Cl)cncc3Cl)CC2)c(Cl)c(=O)n1-c1ccc(OC(F)(F)F)cc1. The lowest BCUT2D eigenvalue weighted by Crippen LogP contribution is -2.46. The van der Waals surface area contributed by atoms with E-state index in [9.17, 15) is 18.0 Å². The Labute approximate surface area is 207 Å². The van der Waals surface area contributed by atoms with Crippen LogP contribution in [0, 0.1) is 0 Å². The fourth-order valence-corrected chi connectivity index (χ4v) is 4.78. The number of piperazine rings is 1. The minimum Gasteiger partial charge on any atom is -0.406 e. The molecule has 182 valence electrons. The van der Waals surface area contributed by atoms with Gasteiger partial charge < -0.3 is 9.64 Å². The van der Waals surface area contributed by atoms with E-state index in [2.05, 4.69) is 19.5 Å². The predicted molar refractivity (Wildman–Crippen MR) is 124 cm³/mol. The molecule has 7 nitrogen and oxygen atoms in total. The minimum absolute atomic E-state index is 0.0563. The maximum atomic E-state index is 12.8. The number of benzene rings is 1. The van der Waals surface area contributed by atoms with Crippen molar-refractivity contribution in [3.05, 3.63) is 67.8 Å². The molecule has 0 aliphatic carbocycles. The highest BCUT2D eigenvalue weighted by molar-refractivity contribution is 6.38. The molecule has 0 unspecified atom stereocenters. The third-order valence-electron chi connectivity index (χ3n) is 5.53. The molecule has 0 atom stereocenters. The molecule has 3 aromatic rings. The Balaban J connectivity index is 1.49. The molecule has 4 rings (SSSR count). The van der Waals surface area contributed by atoms with Crippen LogP contribution in [0.1, 0.15) is 5.69 Å².